The van der Waals surface area contributed by atoms with Crippen molar-refractivity contribution in [3.63, 3.8) is 0 Å². The summed E-state index contributed by atoms with van der Waals surface area (Å²) in [6, 6.07) is 27.8. The molecule has 2 saturated heterocycles. The van der Waals surface area contributed by atoms with E-state index in [4.69, 9.17) is 19.3 Å². The summed E-state index contributed by atoms with van der Waals surface area (Å²) in [6.07, 6.45) is 2.30. The normalized spacial score (nSPS) is 17.2. The van der Waals surface area contributed by atoms with Crippen molar-refractivity contribution >= 4 is 129 Å². The summed E-state index contributed by atoms with van der Waals surface area (Å²) >= 11 is 0. The van der Waals surface area contributed by atoms with Crippen LogP contribution >= 0.6 is 0 Å². The number of carbonyl (C=O) groups is 8. The van der Waals surface area contributed by atoms with Crippen LogP contribution in [0.15, 0.2) is 105 Å². The van der Waals surface area contributed by atoms with Crippen molar-refractivity contribution in [1.82, 2.24) is 26.1 Å². The van der Waals surface area contributed by atoms with Crippen LogP contribution in [0.4, 0.5) is 17.1 Å². The summed E-state index contributed by atoms with van der Waals surface area (Å²) in [5.41, 5.74) is 11.4. The van der Waals surface area contributed by atoms with E-state index in [0.717, 1.165) is 48.5 Å². The molecule has 2 aliphatic heterocycles. The molecule has 3 aliphatic rings. The molecule has 0 spiro atoms. The van der Waals surface area contributed by atoms with E-state index in [2.05, 4.69) is 36.7 Å². The van der Waals surface area contributed by atoms with Crippen molar-refractivity contribution in [3.8, 4) is 0 Å². The molecule has 19 nitrogen and oxygen atoms in total. The number of nitrogen functional groups attached to an aromatic ring is 1. The molecule has 5 heterocycles. The average molecular weight is 1370 g/mol. The number of nitrogens with zero attached hydrogens (tertiary/aromatic N) is 3. The standard InChI is InChI=1S/2C18H15N3O4.C17H14N2O3.2CH3.2W/c2*1-9(22)19-11-3-4-12-10(8-11)2-6-14-16(12)17(21-25-14)13-5-7-15(23)20-18(13)24;18-10-2-4-12-9(7-10)1-6-15-16(12)17(19-22-15)13-5-3-11(20)8-14(13)21;;;;/h2*2-4,6,8,13H,5,7H2,1H3,(H,19,22)(H,20,23,24);1-2,4,6-7,13H,3,5,8,18H2;2*1H3;;/q;;;2*-1;;. The van der Waals surface area contributed by atoms with E-state index in [0.29, 0.717) is 76.6 Å². The number of nitrogens with one attached hydrogen (secondary N) is 4. The Kier molecular flexibility index (Phi) is 18.0. The molecule has 1 saturated carbocycles. The first kappa shape index (κ1) is 57.5. The number of amides is 6. The summed E-state index contributed by atoms with van der Waals surface area (Å²) in [7, 11) is 0. The number of hydrogen-bond acceptors (Lipinski definition) is 15. The van der Waals surface area contributed by atoms with Crippen LogP contribution < -0.4 is 27.0 Å². The molecule has 0 radical (unpaired) electrons. The number of nitrogens with two attached hydrogens (primary N) is 1. The number of rotatable bonds is 5. The molecule has 6 aromatic carbocycles. The maximum atomic E-state index is 12.2. The van der Waals surface area contributed by atoms with Crippen LogP contribution in [0.3, 0.4) is 0 Å². The minimum atomic E-state index is -0.514. The fourth-order valence-electron chi connectivity index (χ4n) is 9.75. The van der Waals surface area contributed by atoms with Gasteiger partial charge in [-0.2, -0.15) is 0 Å². The molecule has 12 rings (SSSR count). The Bertz CT molecular complexity index is 3620. The van der Waals surface area contributed by atoms with E-state index in [1.807, 2.05) is 66.7 Å². The van der Waals surface area contributed by atoms with Crippen LogP contribution in [0.5, 0.6) is 0 Å². The number of aromatic nitrogens is 3. The molecule has 3 aromatic heterocycles. The van der Waals surface area contributed by atoms with Gasteiger partial charge < -0.3 is 44.8 Å². The third-order valence-corrected chi connectivity index (χ3v) is 13.0. The smallest absolute Gasteiger partial charge is 0.235 e. The average Bonchev–Trinajstić information content (AvgIpc) is 4.09. The number of imide groups is 2. The van der Waals surface area contributed by atoms with Gasteiger partial charge in [-0.3, -0.25) is 49.0 Å². The summed E-state index contributed by atoms with van der Waals surface area (Å²) in [5, 5.41) is 30.4. The molecule has 3 fully saturated rings. The van der Waals surface area contributed by atoms with Gasteiger partial charge in [0.2, 0.25) is 35.4 Å². The van der Waals surface area contributed by atoms with E-state index in [-0.39, 0.29) is 129 Å². The number of hydrogen-bond donors (Lipinski definition) is 5. The van der Waals surface area contributed by atoms with Crippen LogP contribution in [-0.4, -0.2) is 62.5 Å². The molecule has 3 unspecified atom stereocenters. The minimum Gasteiger partial charge on any atom is -0.399 e. The first-order valence-corrected chi connectivity index (χ1v) is 23.2. The second-order valence-electron chi connectivity index (χ2n) is 18.0. The summed E-state index contributed by atoms with van der Waals surface area (Å²) in [4.78, 5) is 93.3. The number of ketones is 2. The molecule has 390 valence electrons. The van der Waals surface area contributed by atoms with Gasteiger partial charge in [-0.25, -0.2) is 0 Å². The van der Waals surface area contributed by atoms with Crippen molar-refractivity contribution in [1.29, 1.82) is 0 Å². The predicted molar refractivity (Wildman–Crippen MR) is 277 cm³/mol. The van der Waals surface area contributed by atoms with Gasteiger partial charge in [0.1, 0.15) is 28.6 Å². The predicted octanol–water partition coefficient (Wildman–Crippen LogP) is 8.78. The second kappa shape index (κ2) is 23.8. The largest absolute Gasteiger partial charge is 0.399 e. The van der Waals surface area contributed by atoms with Gasteiger partial charge in [0.05, 0.1) is 40.3 Å². The van der Waals surface area contributed by atoms with Crippen molar-refractivity contribution in [2.45, 2.75) is 76.5 Å². The van der Waals surface area contributed by atoms with E-state index < -0.39 is 11.8 Å². The SMILES string of the molecule is CC(=O)Nc1ccc2c(ccc3onc(C4CCC(=O)NC4=O)c32)c1.CC(=O)Nc1ccc2c(ccc3onc(C4CCC(=O)NC4=O)c32)c1.Nc1ccc2c(ccc3onc(C4CCC(=O)CC4=O)c32)c1.[CH3-].[CH3-].[W].[W]. The minimum absolute atomic E-state index is 0. The number of piperidine rings is 2. The van der Waals surface area contributed by atoms with Gasteiger partial charge in [-0.15, -0.1) is 0 Å². The number of fused-ring (bicyclic) bond motifs is 9. The Labute approximate surface area is 462 Å². The zero-order valence-corrected chi connectivity index (χ0v) is 47.4. The van der Waals surface area contributed by atoms with E-state index in [1.165, 1.54) is 13.8 Å². The molecule has 21 heteroatoms. The molecule has 76 heavy (non-hydrogen) atoms. The van der Waals surface area contributed by atoms with Crippen molar-refractivity contribution < 1.29 is 94.1 Å². The van der Waals surface area contributed by atoms with Crippen LogP contribution in [0.25, 0.3) is 65.2 Å². The van der Waals surface area contributed by atoms with Crippen LogP contribution in [-0.2, 0) is 80.5 Å². The molecule has 9 aromatic rings. The molecule has 1 aliphatic carbocycles. The number of carbonyl (C=O) groups excluding carboxylic acids is 8. The fraction of sp³-hybridized carbons (Fsp3) is 0.218. The second-order valence-corrected chi connectivity index (χ2v) is 18.0. The Morgan fingerprint density at radius 1 is 0.526 bits per heavy atom. The van der Waals surface area contributed by atoms with Gasteiger partial charge >= 0.3 is 0 Å². The molecule has 0 bridgehead atoms. The van der Waals surface area contributed by atoms with E-state index in [9.17, 15) is 38.4 Å². The van der Waals surface area contributed by atoms with Gasteiger partial charge in [0.25, 0.3) is 0 Å². The van der Waals surface area contributed by atoms with Crippen LogP contribution in [0.1, 0.15) is 93.6 Å². The third kappa shape index (κ3) is 11.6. The Hall–Kier alpha value is -7.75. The maximum Gasteiger partial charge on any atom is 0.235 e. The van der Waals surface area contributed by atoms with Crippen LogP contribution in [0.2, 0.25) is 0 Å². The first-order chi connectivity index (χ1) is 34.7. The molecule has 3 atom stereocenters. The zero-order chi connectivity index (χ0) is 50.4. The van der Waals surface area contributed by atoms with Gasteiger partial charge in [0.15, 0.2) is 16.7 Å². The van der Waals surface area contributed by atoms with Gasteiger partial charge in [0, 0.05) is 92.3 Å². The topological polar surface area (TPSA) is 289 Å². The monoisotopic (exact) mass is 1370 g/mol. The number of Topliss-reactive ketones (excluding diaryl/α,β-unsaturated/α-hetero) is 2. The zero-order valence-electron chi connectivity index (χ0n) is 41.6. The number of anilines is 3. The molecular weight excluding hydrogens is 1320 g/mol. The Morgan fingerprint density at radius 2 is 0.908 bits per heavy atom. The summed E-state index contributed by atoms with van der Waals surface area (Å²) in [5.74, 6) is -2.97. The van der Waals surface area contributed by atoms with Crippen molar-refractivity contribution in [2.24, 2.45) is 0 Å². The van der Waals surface area contributed by atoms with Gasteiger partial charge in [-0.1, -0.05) is 51.9 Å². The molecular formula is C55H50N8O11W2-2. The Balaban J connectivity index is 0.000000181. The quantitative estimate of drug-likeness (QED) is 0.0466. The number of benzene rings is 6. The van der Waals surface area contributed by atoms with E-state index in [1.54, 1.807) is 24.3 Å². The Morgan fingerprint density at radius 3 is 1.30 bits per heavy atom. The van der Waals surface area contributed by atoms with Crippen molar-refractivity contribution in [2.75, 3.05) is 16.4 Å². The van der Waals surface area contributed by atoms with E-state index >= 15 is 0 Å². The first-order valence-electron chi connectivity index (χ1n) is 23.2. The maximum absolute atomic E-state index is 12.2. The van der Waals surface area contributed by atoms with Crippen LogP contribution in [0, 0.1) is 14.9 Å². The molecule has 6 N–H and O–H groups in total. The summed E-state index contributed by atoms with van der Waals surface area (Å²) in [6.45, 7) is 2.91. The van der Waals surface area contributed by atoms with Gasteiger partial charge in [-0.05, 0) is 106 Å². The third-order valence-electron chi connectivity index (χ3n) is 13.0. The summed E-state index contributed by atoms with van der Waals surface area (Å²) < 4.78 is 16.2. The molecule has 6 amide bonds. The fourth-order valence-corrected chi connectivity index (χ4v) is 9.75. The van der Waals surface area contributed by atoms with Crippen molar-refractivity contribution in [3.05, 3.63) is 123 Å².